The number of anilines is 1. The Hall–Kier alpha value is -2.72. The molecule has 0 atom stereocenters. The third-order valence-electron chi connectivity index (χ3n) is 4.47. The third-order valence-corrected chi connectivity index (χ3v) is 4.47. The molecular formula is C18H22N4O3. The normalized spacial score (nSPS) is 18.0. The third kappa shape index (κ3) is 3.69. The maximum atomic E-state index is 11.2. The molecule has 7 nitrogen and oxygen atoms in total. The minimum atomic E-state index is -0.875. The first-order chi connectivity index (χ1) is 12.1. The Balaban J connectivity index is 1.86. The summed E-state index contributed by atoms with van der Waals surface area (Å²) in [7, 11) is 0. The number of benzene rings is 1. The molecule has 2 aliphatic heterocycles. The first-order valence-corrected chi connectivity index (χ1v) is 8.50. The molecule has 1 N–H and O–H groups in total. The van der Waals surface area contributed by atoms with Crippen LogP contribution in [0.3, 0.4) is 0 Å². The summed E-state index contributed by atoms with van der Waals surface area (Å²) in [4.78, 5) is 12.7. The van der Waals surface area contributed by atoms with E-state index in [9.17, 15) is 15.2 Å². The maximum absolute atomic E-state index is 11.2. The Bertz CT molecular complexity index is 726. The summed E-state index contributed by atoms with van der Waals surface area (Å²) < 4.78 is 5.57. The standard InChI is InChI=1S/C18H22N4O3/c1-2-25-16-4-5-17-15(11-16)10-14(12-19)13-22(17)21-7-3-6-20(8-9-21)18(23)24/h4-5,10-11H,2-3,6-9,13H2,1H3,(H,23,24). The predicted octanol–water partition coefficient (Wildman–Crippen LogP) is 2.41. The SMILES string of the molecule is CCOc1ccc2c(c1)C=C(C#N)CN2N1CCCN(C(=O)O)CC1. The molecule has 132 valence electrons. The van der Waals surface area contributed by atoms with Crippen molar-refractivity contribution in [2.24, 2.45) is 0 Å². The zero-order valence-corrected chi connectivity index (χ0v) is 14.3. The van der Waals surface area contributed by atoms with E-state index in [1.54, 1.807) is 0 Å². The van der Waals surface area contributed by atoms with E-state index in [0.717, 1.165) is 30.0 Å². The molecule has 2 aliphatic rings. The van der Waals surface area contributed by atoms with Crippen LogP contribution in [0.15, 0.2) is 23.8 Å². The highest BCUT2D eigenvalue weighted by Crippen LogP contribution is 2.33. The summed E-state index contributed by atoms with van der Waals surface area (Å²) in [6, 6.07) is 8.14. The number of nitrogens with zero attached hydrogens (tertiary/aromatic N) is 4. The number of hydrazine groups is 1. The number of rotatable bonds is 3. The van der Waals surface area contributed by atoms with Crippen molar-refractivity contribution < 1.29 is 14.6 Å². The van der Waals surface area contributed by atoms with Gasteiger partial charge in [-0.3, -0.25) is 5.01 Å². The van der Waals surface area contributed by atoms with Gasteiger partial charge < -0.3 is 14.7 Å². The lowest BCUT2D eigenvalue weighted by atomic mass is 10.0. The van der Waals surface area contributed by atoms with E-state index in [-0.39, 0.29) is 0 Å². The molecule has 2 heterocycles. The molecule has 1 aromatic carbocycles. The first-order valence-electron chi connectivity index (χ1n) is 8.50. The second-order valence-electron chi connectivity index (χ2n) is 6.07. The number of carboxylic acid groups (broad SMARTS) is 1. The van der Waals surface area contributed by atoms with Gasteiger partial charge >= 0.3 is 6.09 Å². The molecule has 0 aliphatic carbocycles. The van der Waals surface area contributed by atoms with Crippen molar-refractivity contribution in [1.82, 2.24) is 9.91 Å². The van der Waals surface area contributed by atoms with Crippen molar-refractivity contribution >= 4 is 17.9 Å². The van der Waals surface area contributed by atoms with Crippen LogP contribution in [0, 0.1) is 11.3 Å². The Kier molecular flexibility index (Phi) is 5.10. The van der Waals surface area contributed by atoms with Gasteiger partial charge in [0.15, 0.2) is 0 Å². The highest BCUT2D eigenvalue weighted by atomic mass is 16.5. The van der Waals surface area contributed by atoms with E-state index in [1.165, 1.54) is 4.90 Å². The summed E-state index contributed by atoms with van der Waals surface area (Å²) in [6.07, 6.45) is 1.79. The number of nitriles is 1. The smallest absolute Gasteiger partial charge is 0.407 e. The molecule has 1 aromatic rings. The van der Waals surface area contributed by atoms with Crippen LogP contribution in [0.1, 0.15) is 18.9 Å². The number of hydrogen-bond acceptors (Lipinski definition) is 5. The molecule has 0 spiro atoms. The van der Waals surface area contributed by atoms with E-state index in [0.29, 0.717) is 38.4 Å². The number of fused-ring (bicyclic) bond motifs is 1. The lowest BCUT2D eigenvalue weighted by Gasteiger charge is -2.38. The maximum Gasteiger partial charge on any atom is 0.407 e. The second kappa shape index (κ2) is 7.45. The van der Waals surface area contributed by atoms with E-state index < -0.39 is 6.09 Å². The van der Waals surface area contributed by atoms with Gasteiger partial charge in [0.05, 0.1) is 30.5 Å². The van der Waals surface area contributed by atoms with Crippen LogP contribution in [-0.4, -0.2) is 60.4 Å². The van der Waals surface area contributed by atoms with Crippen molar-refractivity contribution in [2.75, 3.05) is 44.3 Å². The van der Waals surface area contributed by atoms with Gasteiger partial charge in [-0.1, -0.05) is 0 Å². The topological polar surface area (TPSA) is 80.0 Å². The van der Waals surface area contributed by atoms with E-state index in [2.05, 4.69) is 16.1 Å². The van der Waals surface area contributed by atoms with Gasteiger partial charge in [-0.15, -0.1) is 0 Å². The molecule has 1 amide bonds. The molecule has 0 unspecified atom stereocenters. The molecule has 3 rings (SSSR count). The monoisotopic (exact) mass is 342 g/mol. The van der Waals surface area contributed by atoms with Gasteiger partial charge in [-0.05, 0) is 37.6 Å². The molecule has 1 fully saturated rings. The zero-order valence-electron chi connectivity index (χ0n) is 14.3. The molecule has 0 aromatic heterocycles. The predicted molar refractivity (Wildman–Crippen MR) is 94.3 cm³/mol. The molecule has 1 saturated heterocycles. The average molecular weight is 342 g/mol. The Morgan fingerprint density at radius 1 is 1.32 bits per heavy atom. The highest BCUT2D eigenvalue weighted by Gasteiger charge is 2.27. The number of ether oxygens (including phenoxy) is 1. The fourth-order valence-electron chi connectivity index (χ4n) is 3.28. The lowest BCUT2D eigenvalue weighted by molar-refractivity contribution is 0.146. The summed E-state index contributed by atoms with van der Waals surface area (Å²) in [6.45, 7) is 5.40. The Labute approximate surface area is 147 Å². The summed E-state index contributed by atoms with van der Waals surface area (Å²) >= 11 is 0. The average Bonchev–Trinajstić information content (AvgIpc) is 2.87. The van der Waals surface area contributed by atoms with E-state index in [1.807, 2.05) is 31.2 Å². The van der Waals surface area contributed by atoms with Crippen LogP contribution in [0.4, 0.5) is 10.5 Å². The molecular weight excluding hydrogens is 320 g/mol. The van der Waals surface area contributed by atoms with Gasteiger partial charge in [-0.2, -0.15) is 5.26 Å². The van der Waals surface area contributed by atoms with Crippen molar-refractivity contribution in [3.63, 3.8) is 0 Å². The lowest BCUT2D eigenvalue weighted by Crippen LogP contribution is -2.47. The molecule has 0 radical (unpaired) electrons. The quantitative estimate of drug-likeness (QED) is 0.909. The van der Waals surface area contributed by atoms with Crippen LogP contribution in [0.2, 0.25) is 0 Å². The van der Waals surface area contributed by atoms with Gasteiger partial charge in [-0.25, -0.2) is 9.80 Å². The number of amides is 1. The van der Waals surface area contributed by atoms with Crippen LogP contribution in [-0.2, 0) is 0 Å². The number of hydrogen-bond donors (Lipinski definition) is 1. The second-order valence-corrected chi connectivity index (χ2v) is 6.07. The van der Waals surface area contributed by atoms with Crippen LogP contribution in [0.25, 0.3) is 6.08 Å². The summed E-state index contributed by atoms with van der Waals surface area (Å²) in [5.74, 6) is 0.782. The van der Waals surface area contributed by atoms with Crippen LogP contribution < -0.4 is 9.75 Å². The fourth-order valence-corrected chi connectivity index (χ4v) is 3.28. The number of carbonyl (C=O) groups is 1. The molecule has 0 bridgehead atoms. The summed E-state index contributed by atoms with van der Waals surface area (Å²) in [5.41, 5.74) is 2.65. The van der Waals surface area contributed by atoms with E-state index in [4.69, 9.17) is 4.74 Å². The van der Waals surface area contributed by atoms with Gasteiger partial charge in [0, 0.05) is 31.7 Å². The molecule has 25 heavy (non-hydrogen) atoms. The Morgan fingerprint density at radius 2 is 2.16 bits per heavy atom. The van der Waals surface area contributed by atoms with Gasteiger partial charge in [0.2, 0.25) is 0 Å². The van der Waals surface area contributed by atoms with Crippen molar-refractivity contribution in [3.05, 3.63) is 29.3 Å². The minimum absolute atomic E-state index is 0.462. The van der Waals surface area contributed by atoms with E-state index >= 15 is 0 Å². The van der Waals surface area contributed by atoms with Crippen LogP contribution >= 0.6 is 0 Å². The highest BCUT2D eigenvalue weighted by molar-refractivity contribution is 5.76. The van der Waals surface area contributed by atoms with Crippen molar-refractivity contribution in [1.29, 1.82) is 5.26 Å². The van der Waals surface area contributed by atoms with Crippen LogP contribution in [0.5, 0.6) is 5.75 Å². The zero-order chi connectivity index (χ0) is 17.8. The van der Waals surface area contributed by atoms with Crippen molar-refractivity contribution in [2.45, 2.75) is 13.3 Å². The van der Waals surface area contributed by atoms with Gasteiger partial charge in [0.1, 0.15) is 5.75 Å². The molecule has 7 heteroatoms. The molecule has 0 saturated carbocycles. The summed E-state index contributed by atoms with van der Waals surface area (Å²) in [5, 5.41) is 22.8. The van der Waals surface area contributed by atoms with Gasteiger partial charge in [0.25, 0.3) is 0 Å². The van der Waals surface area contributed by atoms with Crippen molar-refractivity contribution in [3.8, 4) is 11.8 Å². The first kappa shape index (κ1) is 17.1. The largest absolute Gasteiger partial charge is 0.494 e. The fraction of sp³-hybridized carbons (Fsp3) is 0.444. The minimum Gasteiger partial charge on any atom is -0.494 e. The Morgan fingerprint density at radius 3 is 2.88 bits per heavy atom.